The van der Waals surface area contributed by atoms with Crippen LogP contribution in [-0.2, 0) is 11.2 Å². The van der Waals surface area contributed by atoms with E-state index in [1.54, 1.807) is 18.3 Å². The first-order valence-corrected chi connectivity index (χ1v) is 7.16. The molecule has 0 aliphatic rings. The molecule has 1 aromatic heterocycles. The minimum absolute atomic E-state index is 0.0466. The van der Waals surface area contributed by atoms with Crippen molar-refractivity contribution in [2.45, 2.75) is 45.2 Å². The molecule has 1 aromatic rings. The molecular weight excluding hydrogens is 264 g/mol. The number of hydrogen-bond acceptors (Lipinski definition) is 3. The Morgan fingerprint density at radius 2 is 2.00 bits per heavy atom. The van der Waals surface area contributed by atoms with Crippen molar-refractivity contribution in [3.8, 4) is 0 Å². The number of aliphatic carboxylic acids is 1. The van der Waals surface area contributed by atoms with E-state index in [1.807, 2.05) is 24.4 Å². The summed E-state index contributed by atoms with van der Waals surface area (Å²) in [6.45, 7) is 3.74. The Morgan fingerprint density at radius 3 is 2.58 bits per heavy atom. The van der Waals surface area contributed by atoms with Crippen molar-refractivity contribution >= 4 is 23.3 Å². The largest absolute Gasteiger partial charge is 0.481 e. The summed E-state index contributed by atoms with van der Waals surface area (Å²) >= 11 is 1.67. The maximum absolute atomic E-state index is 11.7. The van der Waals surface area contributed by atoms with Crippen LogP contribution in [0.1, 0.15) is 31.6 Å². The zero-order chi connectivity index (χ0) is 14.3. The van der Waals surface area contributed by atoms with E-state index in [2.05, 4.69) is 10.6 Å². The SMILES string of the molecule is CC(CCC(=O)O)NC(=O)NC(C)Cc1cccs1. The molecule has 0 saturated heterocycles. The predicted octanol–water partition coefficient (Wildman–Crippen LogP) is 2.23. The summed E-state index contributed by atoms with van der Waals surface area (Å²) in [5.74, 6) is -0.847. The molecule has 1 heterocycles. The molecule has 19 heavy (non-hydrogen) atoms. The van der Waals surface area contributed by atoms with Crippen molar-refractivity contribution < 1.29 is 14.7 Å². The van der Waals surface area contributed by atoms with Crippen LogP contribution in [0.4, 0.5) is 4.79 Å². The van der Waals surface area contributed by atoms with E-state index in [-0.39, 0.29) is 24.5 Å². The number of amides is 2. The second kappa shape index (κ2) is 7.78. The smallest absolute Gasteiger partial charge is 0.315 e. The van der Waals surface area contributed by atoms with E-state index in [9.17, 15) is 9.59 Å². The quantitative estimate of drug-likeness (QED) is 0.718. The summed E-state index contributed by atoms with van der Waals surface area (Å²) < 4.78 is 0. The lowest BCUT2D eigenvalue weighted by Crippen LogP contribution is -2.45. The van der Waals surface area contributed by atoms with Crippen LogP contribution in [-0.4, -0.2) is 29.2 Å². The van der Waals surface area contributed by atoms with Crippen LogP contribution in [0.25, 0.3) is 0 Å². The molecule has 2 unspecified atom stereocenters. The Balaban J connectivity index is 2.24. The number of carbonyl (C=O) groups is 2. The number of carboxylic acids is 1. The van der Waals surface area contributed by atoms with E-state index in [0.29, 0.717) is 6.42 Å². The molecule has 0 aliphatic heterocycles. The lowest BCUT2D eigenvalue weighted by atomic mass is 10.2. The molecule has 2 atom stereocenters. The molecule has 0 aromatic carbocycles. The van der Waals surface area contributed by atoms with Gasteiger partial charge in [-0.15, -0.1) is 11.3 Å². The van der Waals surface area contributed by atoms with Crippen molar-refractivity contribution in [3.05, 3.63) is 22.4 Å². The van der Waals surface area contributed by atoms with Crippen molar-refractivity contribution in [1.29, 1.82) is 0 Å². The minimum Gasteiger partial charge on any atom is -0.481 e. The fourth-order valence-electron chi connectivity index (χ4n) is 1.68. The number of carboxylic acid groups (broad SMARTS) is 1. The van der Waals surface area contributed by atoms with Crippen molar-refractivity contribution in [2.24, 2.45) is 0 Å². The maximum Gasteiger partial charge on any atom is 0.315 e. The monoisotopic (exact) mass is 284 g/mol. The highest BCUT2D eigenvalue weighted by Crippen LogP contribution is 2.10. The van der Waals surface area contributed by atoms with E-state index >= 15 is 0 Å². The van der Waals surface area contributed by atoms with E-state index < -0.39 is 5.97 Å². The Morgan fingerprint density at radius 1 is 1.32 bits per heavy atom. The Bertz CT molecular complexity index is 406. The number of nitrogens with one attached hydrogen (secondary N) is 2. The van der Waals surface area contributed by atoms with Crippen LogP contribution in [0.15, 0.2) is 17.5 Å². The van der Waals surface area contributed by atoms with Gasteiger partial charge < -0.3 is 15.7 Å². The Labute approximate surface area is 117 Å². The summed E-state index contributed by atoms with van der Waals surface area (Å²) in [5.41, 5.74) is 0. The average Bonchev–Trinajstić information content (AvgIpc) is 2.78. The third-order valence-electron chi connectivity index (χ3n) is 2.63. The fourth-order valence-corrected chi connectivity index (χ4v) is 2.52. The normalized spacial score (nSPS) is 13.6. The molecule has 5 nitrogen and oxygen atoms in total. The van der Waals surface area contributed by atoms with Gasteiger partial charge in [-0.1, -0.05) is 6.07 Å². The van der Waals surface area contributed by atoms with Crippen molar-refractivity contribution in [3.63, 3.8) is 0 Å². The van der Waals surface area contributed by atoms with Crippen LogP contribution in [0, 0.1) is 0 Å². The number of hydrogen-bond donors (Lipinski definition) is 3. The number of carbonyl (C=O) groups excluding carboxylic acids is 1. The number of urea groups is 1. The highest BCUT2D eigenvalue weighted by atomic mass is 32.1. The lowest BCUT2D eigenvalue weighted by molar-refractivity contribution is -0.137. The Kier molecular flexibility index (Phi) is 6.35. The van der Waals surface area contributed by atoms with Gasteiger partial charge in [0.15, 0.2) is 0 Å². The molecule has 0 fully saturated rings. The molecule has 6 heteroatoms. The zero-order valence-electron chi connectivity index (χ0n) is 11.2. The minimum atomic E-state index is -0.847. The van der Waals surface area contributed by atoms with Gasteiger partial charge in [0.05, 0.1) is 0 Å². The van der Waals surface area contributed by atoms with Gasteiger partial charge in [-0.2, -0.15) is 0 Å². The topological polar surface area (TPSA) is 78.4 Å². The molecule has 0 radical (unpaired) electrons. The predicted molar refractivity (Wildman–Crippen MR) is 75.5 cm³/mol. The fraction of sp³-hybridized carbons (Fsp3) is 0.538. The Hall–Kier alpha value is -1.56. The van der Waals surface area contributed by atoms with Gasteiger partial charge in [0.2, 0.25) is 0 Å². The molecule has 2 amide bonds. The molecule has 1 rings (SSSR count). The van der Waals surface area contributed by atoms with Crippen LogP contribution in [0.2, 0.25) is 0 Å². The molecule has 0 spiro atoms. The molecule has 106 valence electrons. The van der Waals surface area contributed by atoms with E-state index in [0.717, 1.165) is 6.42 Å². The third-order valence-corrected chi connectivity index (χ3v) is 3.53. The lowest BCUT2D eigenvalue weighted by Gasteiger charge is -2.17. The molecule has 0 saturated carbocycles. The first-order valence-electron chi connectivity index (χ1n) is 6.28. The van der Waals surface area contributed by atoms with Gasteiger partial charge in [-0.3, -0.25) is 4.79 Å². The van der Waals surface area contributed by atoms with E-state index in [1.165, 1.54) is 4.88 Å². The van der Waals surface area contributed by atoms with Gasteiger partial charge in [0.1, 0.15) is 0 Å². The molecule has 0 bridgehead atoms. The first-order chi connectivity index (χ1) is 8.97. The van der Waals surface area contributed by atoms with E-state index in [4.69, 9.17) is 5.11 Å². The second-order valence-corrected chi connectivity index (χ2v) is 5.67. The number of thiophene rings is 1. The highest BCUT2D eigenvalue weighted by molar-refractivity contribution is 7.09. The molecule has 3 N–H and O–H groups in total. The summed E-state index contributed by atoms with van der Waals surface area (Å²) in [6.07, 6.45) is 1.29. The van der Waals surface area contributed by atoms with Gasteiger partial charge in [-0.05, 0) is 31.7 Å². The molecular formula is C13H20N2O3S. The van der Waals surface area contributed by atoms with Gasteiger partial charge in [0, 0.05) is 29.8 Å². The third kappa shape index (κ3) is 6.81. The van der Waals surface area contributed by atoms with Crippen LogP contribution in [0.3, 0.4) is 0 Å². The summed E-state index contributed by atoms with van der Waals surface area (Å²) in [7, 11) is 0. The number of rotatable bonds is 7. The highest BCUT2D eigenvalue weighted by Gasteiger charge is 2.12. The van der Waals surface area contributed by atoms with Crippen LogP contribution < -0.4 is 10.6 Å². The average molecular weight is 284 g/mol. The first kappa shape index (κ1) is 15.5. The van der Waals surface area contributed by atoms with Gasteiger partial charge in [0.25, 0.3) is 0 Å². The van der Waals surface area contributed by atoms with Crippen LogP contribution >= 0.6 is 11.3 Å². The molecule has 0 aliphatic carbocycles. The maximum atomic E-state index is 11.7. The zero-order valence-corrected chi connectivity index (χ0v) is 12.0. The van der Waals surface area contributed by atoms with Crippen molar-refractivity contribution in [2.75, 3.05) is 0 Å². The summed E-state index contributed by atoms with van der Waals surface area (Å²) in [4.78, 5) is 23.3. The summed E-state index contributed by atoms with van der Waals surface area (Å²) in [5, 5.41) is 16.2. The van der Waals surface area contributed by atoms with Gasteiger partial charge >= 0.3 is 12.0 Å². The van der Waals surface area contributed by atoms with Crippen molar-refractivity contribution in [1.82, 2.24) is 10.6 Å². The second-order valence-electron chi connectivity index (χ2n) is 4.64. The standard InChI is InChI=1S/C13H20N2O3S/c1-9(5-6-12(16)17)14-13(18)15-10(2)8-11-4-3-7-19-11/h3-4,7,9-10H,5-6,8H2,1-2H3,(H,16,17)(H2,14,15,18). The summed E-state index contributed by atoms with van der Waals surface area (Å²) in [6, 6.07) is 3.68. The van der Waals surface area contributed by atoms with Gasteiger partial charge in [-0.25, -0.2) is 4.79 Å². The van der Waals surface area contributed by atoms with Crippen LogP contribution in [0.5, 0.6) is 0 Å².